The lowest BCUT2D eigenvalue weighted by molar-refractivity contribution is 0.413. The van der Waals surface area contributed by atoms with Gasteiger partial charge in [0.2, 0.25) is 0 Å². The van der Waals surface area contributed by atoms with Crippen LogP contribution in [0.3, 0.4) is 0 Å². The first-order valence-corrected chi connectivity index (χ1v) is 14.2. The number of nitrogens with one attached hydrogen (secondary N) is 2. The Morgan fingerprint density at radius 1 is 0.541 bits per heavy atom. The summed E-state index contributed by atoms with van der Waals surface area (Å²) in [7, 11) is -6.48. The van der Waals surface area contributed by atoms with Gasteiger partial charge in [-0.3, -0.25) is 9.44 Å². The van der Waals surface area contributed by atoms with Gasteiger partial charge in [0.05, 0.1) is 28.3 Å². The van der Waals surface area contributed by atoms with Crippen LogP contribution < -0.4 is 18.9 Å². The summed E-state index contributed by atoms with van der Waals surface area (Å²) in [4.78, 5) is 0.0796. The Morgan fingerprint density at radius 2 is 0.973 bits per heavy atom. The molecule has 0 unspecified atom stereocenters. The van der Waals surface area contributed by atoms with E-state index < -0.39 is 20.0 Å². The third-order valence-electron chi connectivity index (χ3n) is 5.44. The van der Waals surface area contributed by atoms with E-state index in [2.05, 4.69) is 9.44 Å². The molecule has 0 aliphatic carbocycles. The average molecular weight is 539 g/mol. The van der Waals surface area contributed by atoms with Crippen molar-refractivity contribution >= 4 is 31.4 Å². The second-order valence-corrected chi connectivity index (χ2v) is 11.7. The number of benzene rings is 4. The number of aryl methyl sites for hydroxylation is 2. The SMILES string of the molecule is COc1ccc(Oc2ccc(NS(=O)(=O)c3ccc(C)cc3)c(NS(=O)(=O)c3ccc(C)cc3)c2)cc1. The molecule has 0 fully saturated rings. The lowest BCUT2D eigenvalue weighted by Gasteiger charge is -2.17. The molecule has 0 aliphatic heterocycles. The number of ether oxygens (including phenoxy) is 2. The van der Waals surface area contributed by atoms with Gasteiger partial charge < -0.3 is 9.47 Å². The molecule has 8 nitrogen and oxygen atoms in total. The first kappa shape index (κ1) is 26.1. The van der Waals surface area contributed by atoms with Crippen molar-refractivity contribution in [1.29, 1.82) is 0 Å². The number of hydrogen-bond acceptors (Lipinski definition) is 6. The molecule has 0 saturated carbocycles. The van der Waals surface area contributed by atoms with Crippen molar-refractivity contribution in [2.75, 3.05) is 16.6 Å². The Balaban J connectivity index is 1.71. The number of hydrogen-bond donors (Lipinski definition) is 2. The minimum absolute atomic E-state index is 0.00210. The topological polar surface area (TPSA) is 111 Å². The second kappa shape index (κ2) is 10.5. The minimum Gasteiger partial charge on any atom is -0.497 e. The summed E-state index contributed by atoms with van der Waals surface area (Å²) in [6.07, 6.45) is 0. The molecule has 0 aliphatic rings. The van der Waals surface area contributed by atoms with Crippen LogP contribution in [0.25, 0.3) is 0 Å². The molecule has 0 saturated heterocycles. The molecule has 0 amide bonds. The Bertz CT molecular complexity index is 1600. The molecule has 4 aromatic carbocycles. The smallest absolute Gasteiger partial charge is 0.261 e. The number of methoxy groups -OCH3 is 1. The van der Waals surface area contributed by atoms with Crippen molar-refractivity contribution in [1.82, 2.24) is 0 Å². The van der Waals surface area contributed by atoms with Crippen LogP contribution in [0, 0.1) is 13.8 Å². The van der Waals surface area contributed by atoms with Crippen LogP contribution in [-0.2, 0) is 20.0 Å². The van der Waals surface area contributed by atoms with Crippen LogP contribution in [0.15, 0.2) is 101 Å². The van der Waals surface area contributed by atoms with Crippen molar-refractivity contribution in [3.8, 4) is 17.2 Å². The van der Waals surface area contributed by atoms with Gasteiger partial charge in [-0.05, 0) is 74.5 Å². The Kier molecular flexibility index (Phi) is 7.42. The van der Waals surface area contributed by atoms with Crippen LogP contribution in [0.1, 0.15) is 11.1 Å². The molecule has 0 bridgehead atoms. The zero-order chi connectivity index (χ0) is 26.6. The van der Waals surface area contributed by atoms with Gasteiger partial charge in [0.15, 0.2) is 0 Å². The zero-order valence-electron chi connectivity index (χ0n) is 20.4. The molecule has 37 heavy (non-hydrogen) atoms. The highest BCUT2D eigenvalue weighted by Crippen LogP contribution is 2.33. The molecule has 4 aromatic rings. The van der Waals surface area contributed by atoms with Crippen LogP contribution in [0.4, 0.5) is 11.4 Å². The highest BCUT2D eigenvalue weighted by molar-refractivity contribution is 7.93. The van der Waals surface area contributed by atoms with Crippen molar-refractivity contribution in [2.24, 2.45) is 0 Å². The summed E-state index contributed by atoms with van der Waals surface area (Å²) < 4.78 is 68.4. The highest BCUT2D eigenvalue weighted by Gasteiger charge is 2.21. The van der Waals surface area contributed by atoms with E-state index in [4.69, 9.17) is 9.47 Å². The molecule has 0 spiro atoms. The van der Waals surface area contributed by atoms with Gasteiger partial charge in [0.25, 0.3) is 20.0 Å². The summed E-state index contributed by atoms with van der Waals surface area (Å²) in [6.45, 7) is 3.70. The average Bonchev–Trinajstić information content (AvgIpc) is 2.86. The fourth-order valence-corrected chi connectivity index (χ4v) is 5.53. The zero-order valence-corrected chi connectivity index (χ0v) is 22.1. The first-order valence-electron chi connectivity index (χ1n) is 11.2. The van der Waals surface area contributed by atoms with E-state index in [9.17, 15) is 16.8 Å². The van der Waals surface area contributed by atoms with Crippen LogP contribution >= 0.6 is 0 Å². The van der Waals surface area contributed by atoms with E-state index in [1.165, 1.54) is 36.4 Å². The summed E-state index contributed by atoms with van der Waals surface area (Å²) in [5.74, 6) is 1.44. The van der Waals surface area contributed by atoms with Gasteiger partial charge in [-0.25, -0.2) is 16.8 Å². The van der Waals surface area contributed by atoms with Crippen LogP contribution in [0.5, 0.6) is 17.2 Å². The molecule has 2 N–H and O–H groups in total. The maximum atomic E-state index is 13.1. The van der Waals surface area contributed by atoms with Gasteiger partial charge in [0.1, 0.15) is 17.2 Å². The van der Waals surface area contributed by atoms with Gasteiger partial charge in [-0.2, -0.15) is 0 Å². The monoisotopic (exact) mass is 538 g/mol. The lowest BCUT2D eigenvalue weighted by atomic mass is 10.2. The molecular formula is C27H26N2O6S2. The molecule has 0 radical (unpaired) electrons. The Labute approximate surface area is 217 Å². The van der Waals surface area contributed by atoms with Gasteiger partial charge in [-0.1, -0.05) is 35.4 Å². The summed E-state index contributed by atoms with van der Waals surface area (Å²) in [6, 6.07) is 23.9. The summed E-state index contributed by atoms with van der Waals surface area (Å²) in [5.41, 5.74) is 1.85. The molecule has 10 heteroatoms. The van der Waals surface area contributed by atoms with Crippen molar-refractivity contribution in [3.05, 3.63) is 102 Å². The summed E-state index contributed by atoms with van der Waals surface area (Å²) in [5, 5.41) is 0. The minimum atomic E-state index is -4.03. The molecule has 0 aromatic heterocycles. The Morgan fingerprint density at radius 3 is 1.46 bits per heavy atom. The van der Waals surface area contributed by atoms with Gasteiger partial charge in [0, 0.05) is 6.07 Å². The van der Waals surface area contributed by atoms with Gasteiger partial charge in [-0.15, -0.1) is 0 Å². The predicted octanol–water partition coefficient (Wildman–Crippen LogP) is 5.71. The van der Waals surface area contributed by atoms with Crippen LogP contribution in [-0.4, -0.2) is 23.9 Å². The lowest BCUT2D eigenvalue weighted by Crippen LogP contribution is -2.17. The van der Waals surface area contributed by atoms with Crippen LogP contribution in [0.2, 0.25) is 0 Å². The summed E-state index contributed by atoms with van der Waals surface area (Å²) >= 11 is 0. The largest absolute Gasteiger partial charge is 0.497 e. The normalized spacial score (nSPS) is 11.5. The van der Waals surface area contributed by atoms with Crippen molar-refractivity contribution < 1.29 is 26.3 Å². The van der Waals surface area contributed by atoms with Crippen molar-refractivity contribution in [3.63, 3.8) is 0 Å². The first-order chi connectivity index (χ1) is 17.6. The predicted molar refractivity (Wildman–Crippen MR) is 143 cm³/mol. The number of rotatable bonds is 9. The third-order valence-corrected chi connectivity index (χ3v) is 8.20. The standard InChI is InChI=1S/C27H26N2O6S2/c1-19-4-13-24(14-5-19)36(30,31)28-26-17-12-23(35-22-10-8-21(34-3)9-11-22)18-27(26)29-37(32,33)25-15-6-20(2)7-16-25/h4-18,28-29H,1-3H3. The quantitative estimate of drug-likeness (QED) is 0.283. The van der Waals surface area contributed by atoms with E-state index in [-0.39, 0.29) is 21.2 Å². The van der Waals surface area contributed by atoms with Crippen molar-refractivity contribution in [2.45, 2.75) is 23.6 Å². The second-order valence-electron chi connectivity index (χ2n) is 8.32. The van der Waals surface area contributed by atoms with Gasteiger partial charge >= 0.3 is 0 Å². The Hall–Kier alpha value is -4.02. The van der Waals surface area contributed by atoms with E-state index in [0.717, 1.165) is 11.1 Å². The fourth-order valence-electron chi connectivity index (χ4n) is 3.38. The van der Waals surface area contributed by atoms with E-state index in [1.54, 1.807) is 61.7 Å². The van der Waals surface area contributed by atoms with E-state index >= 15 is 0 Å². The maximum Gasteiger partial charge on any atom is 0.261 e. The maximum absolute atomic E-state index is 13.1. The highest BCUT2D eigenvalue weighted by atomic mass is 32.2. The molecular weight excluding hydrogens is 512 g/mol. The molecule has 192 valence electrons. The number of anilines is 2. The molecule has 4 rings (SSSR count). The third kappa shape index (κ3) is 6.41. The molecule has 0 heterocycles. The fraction of sp³-hybridized carbons (Fsp3) is 0.111. The van der Waals surface area contributed by atoms with E-state index in [0.29, 0.717) is 17.2 Å². The number of sulfonamides is 2. The molecule has 0 atom stereocenters. The van der Waals surface area contributed by atoms with E-state index in [1.807, 2.05) is 13.8 Å².